The number of carbonyl (C=O) groups is 1. The highest BCUT2D eigenvalue weighted by Gasteiger charge is 1.96. The van der Waals surface area contributed by atoms with Gasteiger partial charge < -0.3 is 4.74 Å². The van der Waals surface area contributed by atoms with Crippen LogP contribution < -0.4 is 0 Å². The summed E-state index contributed by atoms with van der Waals surface area (Å²) in [6.45, 7) is 4.19. The van der Waals surface area contributed by atoms with Crippen LogP contribution in [0.15, 0.2) is 24.3 Å². The molecule has 0 heterocycles. The maximum Gasteiger partial charge on any atom is 0.384 e. The SMILES string of the molecule is CCOC(=O)C#Cc1ccccc1CC. The van der Waals surface area contributed by atoms with E-state index in [9.17, 15) is 4.79 Å². The molecular weight excluding hydrogens is 188 g/mol. The Balaban J connectivity index is 2.83. The highest BCUT2D eigenvalue weighted by atomic mass is 16.5. The van der Waals surface area contributed by atoms with Crippen molar-refractivity contribution in [1.29, 1.82) is 0 Å². The van der Waals surface area contributed by atoms with E-state index in [0.717, 1.165) is 17.5 Å². The van der Waals surface area contributed by atoms with E-state index in [1.165, 1.54) is 0 Å². The normalized spacial score (nSPS) is 8.93. The highest BCUT2D eigenvalue weighted by Crippen LogP contribution is 2.07. The van der Waals surface area contributed by atoms with Gasteiger partial charge in [0.25, 0.3) is 0 Å². The molecular formula is C13H14O2. The fourth-order valence-corrected chi connectivity index (χ4v) is 1.24. The van der Waals surface area contributed by atoms with Crippen LogP contribution in [-0.4, -0.2) is 12.6 Å². The number of hydrogen-bond donors (Lipinski definition) is 0. The third-order valence-electron chi connectivity index (χ3n) is 1.97. The zero-order chi connectivity index (χ0) is 11.1. The minimum absolute atomic E-state index is 0.364. The topological polar surface area (TPSA) is 26.3 Å². The van der Waals surface area contributed by atoms with Crippen LogP contribution in [0.1, 0.15) is 25.0 Å². The van der Waals surface area contributed by atoms with Gasteiger partial charge in [0.05, 0.1) is 6.61 Å². The van der Waals surface area contributed by atoms with E-state index in [1.807, 2.05) is 24.3 Å². The second-order valence-electron chi connectivity index (χ2n) is 2.98. The molecule has 0 aliphatic heterocycles. The Hall–Kier alpha value is -1.75. The average Bonchev–Trinajstić information content (AvgIpc) is 2.27. The van der Waals surface area contributed by atoms with Crippen LogP contribution in [0.4, 0.5) is 0 Å². The van der Waals surface area contributed by atoms with Gasteiger partial charge in [0.1, 0.15) is 0 Å². The molecule has 0 aliphatic rings. The molecule has 1 rings (SSSR count). The average molecular weight is 202 g/mol. The first-order valence-electron chi connectivity index (χ1n) is 5.04. The molecule has 0 radical (unpaired) electrons. The Morgan fingerprint density at radius 2 is 2.07 bits per heavy atom. The molecule has 78 valence electrons. The van der Waals surface area contributed by atoms with Crippen LogP contribution in [0.5, 0.6) is 0 Å². The van der Waals surface area contributed by atoms with Crippen molar-refractivity contribution in [2.75, 3.05) is 6.61 Å². The number of hydrogen-bond acceptors (Lipinski definition) is 2. The van der Waals surface area contributed by atoms with Crippen LogP contribution in [0.2, 0.25) is 0 Å². The predicted octanol–water partition coefficient (Wildman–Crippen LogP) is 2.16. The largest absolute Gasteiger partial charge is 0.456 e. The van der Waals surface area contributed by atoms with E-state index in [4.69, 9.17) is 4.74 Å². The van der Waals surface area contributed by atoms with Gasteiger partial charge in [-0.3, -0.25) is 0 Å². The first-order chi connectivity index (χ1) is 7.27. The molecule has 0 unspecified atom stereocenters. The summed E-state index contributed by atoms with van der Waals surface area (Å²) in [6, 6.07) is 7.79. The van der Waals surface area contributed by atoms with Crippen molar-refractivity contribution in [3.8, 4) is 11.8 Å². The molecule has 0 spiro atoms. The molecule has 2 nitrogen and oxygen atoms in total. The maximum atomic E-state index is 11.0. The van der Waals surface area contributed by atoms with Gasteiger partial charge in [0, 0.05) is 11.5 Å². The number of ether oxygens (including phenoxy) is 1. The molecule has 0 saturated heterocycles. The zero-order valence-corrected chi connectivity index (χ0v) is 9.04. The van der Waals surface area contributed by atoms with Crippen molar-refractivity contribution in [3.05, 3.63) is 35.4 Å². The van der Waals surface area contributed by atoms with E-state index in [0.29, 0.717) is 6.61 Å². The first-order valence-corrected chi connectivity index (χ1v) is 5.04. The number of esters is 1. The molecule has 0 N–H and O–H groups in total. The lowest BCUT2D eigenvalue weighted by Gasteiger charge is -1.98. The van der Waals surface area contributed by atoms with Crippen molar-refractivity contribution in [2.45, 2.75) is 20.3 Å². The lowest BCUT2D eigenvalue weighted by molar-refractivity contribution is -0.136. The number of benzene rings is 1. The molecule has 0 aromatic heterocycles. The lowest BCUT2D eigenvalue weighted by Crippen LogP contribution is -1.99. The standard InChI is InChI=1S/C13H14O2/c1-3-11-7-5-6-8-12(11)9-10-13(14)15-4-2/h5-8H,3-4H2,1-2H3. The quantitative estimate of drug-likeness (QED) is 0.542. The van der Waals surface area contributed by atoms with Gasteiger partial charge in [0.15, 0.2) is 0 Å². The summed E-state index contributed by atoms with van der Waals surface area (Å²) in [5.74, 6) is 4.82. The van der Waals surface area contributed by atoms with Gasteiger partial charge in [-0.15, -0.1) is 0 Å². The molecule has 0 bridgehead atoms. The monoisotopic (exact) mass is 202 g/mol. The van der Waals surface area contributed by atoms with Crippen LogP contribution >= 0.6 is 0 Å². The van der Waals surface area contributed by atoms with Crippen molar-refractivity contribution >= 4 is 5.97 Å². The molecule has 2 heteroatoms. The fraction of sp³-hybridized carbons (Fsp3) is 0.308. The van der Waals surface area contributed by atoms with Crippen molar-refractivity contribution in [3.63, 3.8) is 0 Å². The van der Waals surface area contributed by atoms with E-state index in [2.05, 4.69) is 18.8 Å². The molecule has 15 heavy (non-hydrogen) atoms. The molecule has 1 aromatic carbocycles. The molecule has 0 aliphatic carbocycles. The molecule has 1 aromatic rings. The van der Waals surface area contributed by atoms with Crippen LogP contribution in [0.25, 0.3) is 0 Å². The Morgan fingerprint density at radius 3 is 2.73 bits per heavy atom. The summed E-state index contributed by atoms with van der Waals surface area (Å²) in [4.78, 5) is 11.0. The minimum atomic E-state index is -0.469. The van der Waals surface area contributed by atoms with Crippen LogP contribution in [-0.2, 0) is 16.0 Å². The van der Waals surface area contributed by atoms with Crippen LogP contribution in [0, 0.1) is 11.8 Å². The van der Waals surface area contributed by atoms with Gasteiger partial charge in [-0.2, -0.15) is 0 Å². The lowest BCUT2D eigenvalue weighted by atomic mass is 10.1. The third kappa shape index (κ3) is 3.47. The van der Waals surface area contributed by atoms with Crippen molar-refractivity contribution in [2.24, 2.45) is 0 Å². The zero-order valence-electron chi connectivity index (χ0n) is 9.04. The summed E-state index contributed by atoms with van der Waals surface area (Å²) in [6.07, 6.45) is 0.910. The number of aryl methyl sites for hydroxylation is 1. The van der Waals surface area contributed by atoms with Gasteiger partial charge in [-0.05, 0) is 25.0 Å². The maximum absolute atomic E-state index is 11.0. The Kier molecular flexibility index (Phi) is 4.43. The highest BCUT2D eigenvalue weighted by molar-refractivity contribution is 5.89. The first kappa shape index (κ1) is 11.3. The van der Waals surface area contributed by atoms with Gasteiger partial charge in [-0.25, -0.2) is 4.79 Å². The smallest absolute Gasteiger partial charge is 0.384 e. The summed E-state index contributed by atoms with van der Waals surface area (Å²) >= 11 is 0. The Labute approximate surface area is 90.3 Å². The minimum Gasteiger partial charge on any atom is -0.456 e. The summed E-state index contributed by atoms with van der Waals surface area (Å²) in [5.41, 5.74) is 2.04. The second-order valence-corrected chi connectivity index (χ2v) is 2.98. The second kappa shape index (κ2) is 5.87. The molecule has 0 saturated carbocycles. The predicted molar refractivity (Wildman–Crippen MR) is 59.3 cm³/mol. The van der Waals surface area contributed by atoms with Gasteiger partial charge >= 0.3 is 5.97 Å². The Bertz CT molecular complexity index is 396. The third-order valence-corrected chi connectivity index (χ3v) is 1.97. The summed E-state index contributed by atoms with van der Waals surface area (Å²) in [7, 11) is 0. The Morgan fingerprint density at radius 1 is 1.33 bits per heavy atom. The van der Waals surface area contributed by atoms with Gasteiger partial charge in [-0.1, -0.05) is 31.0 Å². The number of carbonyl (C=O) groups excluding carboxylic acids is 1. The van der Waals surface area contributed by atoms with Crippen molar-refractivity contribution < 1.29 is 9.53 Å². The van der Waals surface area contributed by atoms with Gasteiger partial charge in [0.2, 0.25) is 0 Å². The van der Waals surface area contributed by atoms with Crippen molar-refractivity contribution in [1.82, 2.24) is 0 Å². The van der Waals surface area contributed by atoms with E-state index in [1.54, 1.807) is 6.92 Å². The summed E-state index contributed by atoms with van der Waals surface area (Å²) < 4.78 is 4.72. The fourth-order valence-electron chi connectivity index (χ4n) is 1.24. The van der Waals surface area contributed by atoms with Crippen LogP contribution in [0.3, 0.4) is 0 Å². The van der Waals surface area contributed by atoms with E-state index in [-0.39, 0.29) is 0 Å². The number of rotatable bonds is 2. The van der Waals surface area contributed by atoms with E-state index < -0.39 is 5.97 Å². The van der Waals surface area contributed by atoms with E-state index >= 15 is 0 Å². The molecule has 0 atom stereocenters. The molecule has 0 fully saturated rings. The molecule has 0 amide bonds. The summed E-state index contributed by atoms with van der Waals surface area (Å²) in [5, 5.41) is 0.